The average molecular weight is 301 g/mol. The number of hydrogen-bond donors (Lipinski definition) is 1. The largest absolute Gasteiger partial charge is 0.469 e. The minimum absolute atomic E-state index is 0.406. The van der Waals surface area contributed by atoms with Crippen molar-refractivity contribution in [2.75, 3.05) is 13.7 Å². The Bertz CT molecular complexity index is 483. The van der Waals surface area contributed by atoms with Crippen LogP contribution < -0.4 is 4.72 Å². The summed E-state index contributed by atoms with van der Waals surface area (Å²) in [4.78, 5) is 11.6. The highest BCUT2D eigenvalue weighted by molar-refractivity contribution is 7.90. The number of hydrogen-bond acceptors (Lipinski definition) is 4. The molecule has 0 aliphatic heterocycles. The minimum Gasteiger partial charge on any atom is -0.469 e. The maximum absolute atomic E-state index is 12.3. The smallest absolute Gasteiger partial charge is 0.310 e. The molecule has 0 spiro atoms. The number of carbonyl (C=O) groups is 1. The van der Waals surface area contributed by atoms with Crippen molar-refractivity contribution in [3.8, 4) is 0 Å². The second-order valence-electron chi connectivity index (χ2n) is 5.54. The van der Waals surface area contributed by atoms with Gasteiger partial charge in [0.2, 0.25) is 10.0 Å². The van der Waals surface area contributed by atoms with E-state index in [2.05, 4.69) is 10.8 Å². The molecule has 5 nitrogen and oxygen atoms in total. The van der Waals surface area contributed by atoms with E-state index in [1.54, 1.807) is 0 Å². The second-order valence-corrected chi connectivity index (χ2v) is 7.53. The summed E-state index contributed by atoms with van der Waals surface area (Å²) in [5, 5.41) is -0.632. The van der Waals surface area contributed by atoms with E-state index in [1.807, 2.05) is 0 Å². The summed E-state index contributed by atoms with van der Waals surface area (Å²) in [7, 11) is -2.12. The molecule has 0 aromatic carbocycles. The van der Waals surface area contributed by atoms with Gasteiger partial charge in [-0.3, -0.25) is 4.79 Å². The van der Waals surface area contributed by atoms with Crippen LogP contribution in [0.3, 0.4) is 0 Å². The van der Waals surface area contributed by atoms with Crippen molar-refractivity contribution in [2.24, 2.45) is 5.92 Å². The highest BCUT2D eigenvalue weighted by Crippen LogP contribution is 2.31. The van der Waals surface area contributed by atoms with E-state index in [0.717, 1.165) is 25.7 Å². The molecule has 2 rings (SSSR count). The Morgan fingerprint density at radius 2 is 2.20 bits per heavy atom. The lowest BCUT2D eigenvalue weighted by Crippen LogP contribution is -2.39. The van der Waals surface area contributed by atoms with Crippen LogP contribution in [-0.2, 0) is 19.6 Å². The lowest BCUT2D eigenvalue weighted by Gasteiger charge is -2.18. The zero-order valence-corrected chi connectivity index (χ0v) is 12.7. The van der Waals surface area contributed by atoms with Gasteiger partial charge >= 0.3 is 5.97 Å². The van der Waals surface area contributed by atoms with Crippen molar-refractivity contribution in [2.45, 2.75) is 50.2 Å². The van der Waals surface area contributed by atoms with Gasteiger partial charge < -0.3 is 4.74 Å². The van der Waals surface area contributed by atoms with Gasteiger partial charge in [0, 0.05) is 6.54 Å². The fourth-order valence-electron chi connectivity index (χ4n) is 3.14. The van der Waals surface area contributed by atoms with E-state index >= 15 is 0 Å². The van der Waals surface area contributed by atoms with Crippen molar-refractivity contribution in [3.63, 3.8) is 0 Å². The fourth-order valence-corrected chi connectivity index (χ4v) is 4.90. The van der Waals surface area contributed by atoms with E-state index in [9.17, 15) is 13.2 Å². The van der Waals surface area contributed by atoms with Crippen LogP contribution in [0.4, 0.5) is 0 Å². The van der Waals surface area contributed by atoms with E-state index in [4.69, 9.17) is 4.74 Å². The third-order valence-electron chi connectivity index (χ3n) is 4.24. The molecular formula is C14H23NO4S. The van der Waals surface area contributed by atoms with E-state index < -0.39 is 27.2 Å². The quantitative estimate of drug-likeness (QED) is 0.599. The van der Waals surface area contributed by atoms with Crippen molar-refractivity contribution in [3.05, 3.63) is 11.6 Å². The molecule has 114 valence electrons. The summed E-state index contributed by atoms with van der Waals surface area (Å²) in [5.74, 6) is -0.917. The van der Waals surface area contributed by atoms with Crippen molar-refractivity contribution < 1.29 is 17.9 Å². The number of allylic oxidation sites excluding steroid dienone is 1. The van der Waals surface area contributed by atoms with Crippen molar-refractivity contribution in [1.29, 1.82) is 0 Å². The molecule has 0 heterocycles. The summed E-state index contributed by atoms with van der Waals surface area (Å²) < 4.78 is 32.0. The monoisotopic (exact) mass is 301 g/mol. The van der Waals surface area contributed by atoms with Crippen LogP contribution in [0.1, 0.15) is 44.9 Å². The molecule has 20 heavy (non-hydrogen) atoms. The molecule has 1 N–H and O–H groups in total. The highest BCUT2D eigenvalue weighted by atomic mass is 32.2. The Hall–Kier alpha value is -0.880. The first-order chi connectivity index (χ1) is 9.54. The zero-order valence-electron chi connectivity index (χ0n) is 11.9. The number of sulfonamides is 1. The molecule has 0 amide bonds. The molecule has 0 aromatic heterocycles. The van der Waals surface area contributed by atoms with E-state index in [-0.39, 0.29) is 0 Å². The molecule has 0 radical (unpaired) electrons. The Labute approximate surface area is 120 Å². The fraction of sp³-hybridized carbons (Fsp3) is 0.786. The van der Waals surface area contributed by atoms with Gasteiger partial charge in [0.25, 0.3) is 0 Å². The van der Waals surface area contributed by atoms with Gasteiger partial charge in [0.15, 0.2) is 0 Å². The maximum atomic E-state index is 12.3. The topological polar surface area (TPSA) is 72.5 Å². The molecular weight excluding hydrogens is 278 g/mol. The molecule has 0 saturated heterocycles. The predicted octanol–water partition coefficient (Wildman–Crippen LogP) is 1.75. The number of rotatable bonds is 6. The molecule has 1 fully saturated rings. The third kappa shape index (κ3) is 3.61. The average Bonchev–Trinajstić information content (AvgIpc) is 3.08. The van der Waals surface area contributed by atoms with Crippen LogP contribution in [0.2, 0.25) is 0 Å². The number of carbonyl (C=O) groups excluding carboxylic acids is 1. The van der Waals surface area contributed by atoms with E-state index in [0.29, 0.717) is 19.4 Å². The molecule has 2 atom stereocenters. The predicted molar refractivity (Wildman–Crippen MR) is 76.6 cm³/mol. The first kappa shape index (κ1) is 15.5. The van der Waals surface area contributed by atoms with Gasteiger partial charge in [0.05, 0.1) is 18.3 Å². The molecule has 6 heteroatoms. The Morgan fingerprint density at radius 3 is 2.85 bits per heavy atom. The minimum atomic E-state index is -3.43. The molecule has 1 saturated carbocycles. The number of methoxy groups -OCH3 is 1. The third-order valence-corrected chi connectivity index (χ3v) is 6.21. The van der Waals surface area contributed by atoms with Crippen LogP contribution in [0.25, 0.3) is 0 Å². The lowest BCUT2D eigenvalue weighted by atomic mass is 10.1. The van der Waals surface area contributed by atoms with E-state index in [1.165, 1.54) is 19.1 Å². The van der Waals surface area contributed by atoms with Crippen LogP contribution in [0.15, 0.2) is 11.6 Å². The Balaban J connectivity index is 1.90. The standard InChI is InChI=1S/C14H23NO4S/c1-19-14(16)12-7-4-8-13(12)20(17,18)15-10-9-11-5-2-3-6-11/h5,12-13,15H,2-4,6-10H2,1H3. The normalized spacial score (nSPS) is 26.6. The Kier molecular flexibility index (Phi) is 5.21. The van der Waals surface area contributed by atoms with Gasteiger partial charge in [-0.15, -0.1) is 0 Å². The highest BCUT2D eigenvalue weighted by Gasteiger charge is 2.41. The summed E-state index contributed by atoms with van der Waals surface area (Å²) in [6, 6.07) is 0. The van der Waals surface area contributed by atoms with Gasteiger partial charge in [0.1, 0.15) is 0 Å². The lowest BCUT2D eigenvalue weighted by molar-refractivity contribution is -0.145. The van der Waals surface area contributed by atoms with Gasteiger partial charge in [-0.05, 0) is 38.5 Å². The SMILES string of the molecule is COC(=O)C1CCCC1S(=O)(=O)NCCC1=CCCC1. The van der Waals surface area contributed by atoms with Crippen LogP contribution in [-0.4, -0.2) is 33.3 Å². The summed E-state index contributed by atoms with van der Waals surface area (Å²) in [5.41, 5.74) is 1.34. The molecule has 2 aliphatic carbocycles. The van der Waals surface area contributed by atoms with Gasteiger partial charge in [-0.25, -0.2) is 13.1 Å². The maximum Gasteiger partial charge on any atom is 0.310 e. The molecule has 0 bridgehead atoms. The zero-order chi connectivity index (χ0) is 14.6. The number of esters is 1. The molecule has 2 unspecified atom stereocenters. The van der Waals surface area contributed by atoms with Gasteiger partial charge in [-0.1, -0.05) is 18.1 Å². The number of ether oxygens (including phenoxy) is 1. The molecule has 0 aromatic rings. The van der Waals surface area contributed by atoms with Crippen molar-refractivity contribution >= 4 is 16.0 Å². The second kappa shape index (κ2) is 6.72. The van der Waals surface area contributed by atoms with Crippen LogP contribution >= 0.6 is 0 Å². The first-order valence-corrected chi connectivity index (χ1v) is 8.83. The molecule has 2 aliphatic rings. The van der Waals surface area contributed by atoms with Crippen LogP contribution in [0.5, 0.6) is 0 Å². The summed E-state index contributed by atoms with van der Waals surface area (Å²) in [6.45, 7) is 0.429. The van der Waals surface area contributed by atoms with Crippen molar-refractivity contribution in [1.82, 2.24) is 4.72 Å². The first-order valence-electron chi connectivity index (χ1n) is 7.29. The Morgan fingerprint density at radius 1 is 1.40 bits per heavy atom. The summed E-state index contributed by atoms with van der Waals surface area (Å²) >= 11 is 0. The van der Waals surface area contributed by atoms with Gasteiger partial charge in [-0.2, -0.15) is 0 Å². The van der Waals surface area contributed by atoms with Crippen LogP contribution in [0, 0.1) is 5.92 Å². The summed E-state index contributed by atoms with van der Waals surface area (Å²) in [6.07, 6.45) is 8.23. The number of nitrogens with one attached hydrogen (secondary N) is 1.